The number of likely N-dealkylation sites (tertiary alicyclic amines) is 1. The summed E-state index contributed by atoms with van der Waals surface area (Å²) in [5.74, 6) is 0. The van der Waals surface area contributed by atoms with E-state index in [9.17, 15) is 5.11 Å². The molecule has 0 aromatic carbocycles. The van der Waals surface area contributed by atoms with Crippen LogP contribution in [0, 0.1) is 0 Å². The van der Waals surface area contributed by atoms with E-state index in [1.54, 1.807) is 12.4 Å². The van der Waals surface area contributed by atoms with Gasteiger partial charge < -0.3 is 5.11 Å². The van der Waals surface area contributed by atoms with Crippen LogP contribution in [0.15, 0.2) is 18.5 Å². The average molecular weight is 241 g/mol. The first-order valence-electron chi connectivity index (χ1n) is 5.60. The summed E-state index contributed by atoms with van der Waals surface area (Å²) in [6.45, 7) is 4.42. The van der Waals surface area contributed by atoms with Gasteiger partial charge >= 0.3 is 0 Å². The molecule has 0 radical (unpaired) electrons. The molecular formula is C12H17ClN2O. The van der Waals surface area contributed by atoms with Gasteiger partial charge in [0.15, 0.2) is 0 Å². The van der Waals surface area contributed by atoms with Gasteiger partial charge in [-0.2, -0.15) is 0 Å². The van der Waals surface area contributed by atoms with Crippen molar-refractivity contribution in [1.29, 1.82) is 0 Å². The average Bonchev–Trinajstić information content (AvgIpc) is 2.20. The van der Waals surface area contributed by atoms with Crippen LogP contribution in [0.1, 0.15) is 25.3 Å². The standard InChI is InChI=1S/C12H17ClN2O/c1-12(16)4-2-6-15(9-12)8-10-3-5-14-7-11(10)13/h3,5,7,16H,2,4,6,8-9H2,1H3. The number of nitrogens with zero attached hydrogens (tertiary/aromatic N) is 2. The molecule has 0 spiro atoms. The van der Waals surface area contributed by atoms with Crippen molar-refractivity contribution in [2.75, 3.05) is 13.1 Å². The zero-order valence-electron chi connectivity index (χ0n) is 9.49. The fraction of sp³-hybridized carbons (Fsp3) is 0.583. The minimum atomic E-state index is -0.558. The second-order valence-corrected chi connectivity index (χ2v) is 5.19. The Labute approximate surface area is 101 Å². The van der Waals surface area contributed by atoms with E-state index in [4.69, 9.17) is 11.6 Å². The topological polar surface area (TPSA) is 36.4 Å². The van der Waals surface area contributed by atoms with Crippen LogP contribution in [0.4, 0.5) is 0 Å². The van der Waals surface area contributed by atoms with Crippen LogP contribution >= 0.6 is 11.6 Å². The molecule has 1 aromatic rings. The van der Waals surface area contributed by atoms with E-state index in [1.807, 2.05) is 13.0 Å². The number of hydrogen-bond acceptors (Lipinski definition) is 3. The third kappa shape index (κ3) is 2.94. The van der Waals surface area contributed by atoms with Crippen LogP contribution in [0.5, 0.6) is 0 Å². The summed E-state index contributed by atoms with van der Waals surface area (Å²) in [5.41, 5.74) is 0.520. The summed E-state index contributed by atoms with van der Waals surface area (Å²) in [7, 11) is 0. The van der Waals surface area contributed by atoms with Crippen LogP contribution < -0.4 is 0 Å². The summed E-state index contributed by atoms with van der Waals surface area (Å²) >= 11 is 6.06. The Bertz CT molecular complexity index is 368. The maximum absolute atomic E-state index is 10.0. The summed E-state index contributed by atoms with van der Waals surface area (Å²) in [5, 5.41) is 10.7. The lowest BCUT2D eigenvalue weighted by Gasteiger charge is -2.36. The molecule has 16 heavy (non-hydrogen) atoms. The maximum Gasteiger partial charge on any atom is 0.0746 e. The lowest BCUT2D eigenvalue weighted by atomic mass is 9.95. The van der Waals surface area contributed by atoms with Gasteiger partial charge in [-0.15, -0.1) is 0 Å². The molecule has 3 nitrogen and oxygen atoms in total. The van der Waals surface area contributed by atoms with Crippen molar-refractivity contribution in [3.8, 4) is 0 Å². The highest BCUT2D eigenvalue weighted by Gasteiger charge is 2.28. The van der Waals surface area contributed by atoms with Crippen molar-refractivity contribution in [2.45, 2.75) is 31.9 Å². The second kappa shape index (κ2) is 4.70. The highest BCUT2D eigenvalue weighted by Crippen LogP contribution is 2.23. The normalized spacial score (nSPS) is 26.9. The van der Waals surface area contributed by atoms with E-state index >= 15 is 0 Å². The van der Waals surface area contributed by atoms with Crippen LogP contribution in [0.3, 0.4) is 0 Å². The molecule has 0 saturated carbocycles. The predicted molar refractivity (Wildman–Crippen MR) is 64.4 cm³/mol. The van der Waals surface area contributed by atoms with Crippen molar-refractivity contribution in [3.05, 3.63) is 29.0 Å². The van der Waals surface area contributed by atoms with E-state index in [1.165, 1.54) is 0 Å². The fourth-order valence-corrected chi connectivity index (χ4v) is 2.41. The zero-order valence-corrected chi connectivity index (χ0v) is 10.2. The molecule has 1 aliphatic heterocycles. The Balaban J connectivity index is 2.02. The van der Waals surface area contributed by atoms with Gasteiger partial charge in [0.2, 0.25) is 0 Å². The van der Waals surface area contributed by atoms with Gasteiger partial charge in [-0.3, -0.25) is 9.88 Å². The molecule has 1 fully saturated rings. The van der Waals surface area contributed by atoms with E-state index in [0.717, 1.165) is 31.5 Å². The number of aliphatic hydroxyl groups is 1. The minimum Gasteiger partial charge on any atom is -0.389 e. The van der Waals surface area contributed by atoms with Gasteiger partial charge in [0.1, 0.15) is 0 Å². The number of aromatic nitrogens is 1. The molecule has 1 aliphatic rings. The molecule has 2 heterocycles. The zero-order chi connectivity index (χ0) is 11.6. The van der Waals surface area contributed by atoms with Gasteiger partial charge in [0.05, 0.1) is 10.6 Å². The molecule has 4 heteroatoms. The summed E-state index contributed by atoms with van der Waals surface area (Å²) < 4.78 is 0. The third-order valence-corrected chi connectivity index (χ3v) is 3.34. The molecular weight excluding hydrogens is 224 g/mol. The molecule has 0 aliphatic carbocycles. The van der Waals surface area contributed by atoms with Gasteiger partial charge in [-0.25, -0.2) is 0 Å². The van der Waals surface area contributed by atoms with Crippen molar-refractivity contribution < 1.29 is 5.11 Å². The molecule has 1 saturated heterocycles. The van der Waals surface area contributed by atoms with Crippen LogP contribution in [0.25, 0.3) is 0 Å². The lowest BCUT2D eigenvalue weighted by Crippen LogP contribution is -2.45. The number of piperidine rings is 1. The first-order valence-corrected chi connectivity index (χ1v) is 5.98. The SMILES string of the molecule is CC1(O)CCCN(Cc2ccncc2Cl)C1. The number of pyridine rings is 1. The highest BCUT2D eigenvalue weighted by atomic mass is 35.5. The molecule has 1 N–H and O–H groups in total. The van der Waals surface area contributed by atoms with E-state index < -0.39 is 5.60 Å². The molecule has 2 rings (SSSR count). The van der Waals surface area contributed by atoms with E-state index in [2.05, 4.69) is 9.88 Å². The smallest absolute Gasteiger partial charge is 0.0746 e. The third-order valence-electron chi connectivity index (χ3n) is 3.00. The molecule has 1 unspecified atom stereocenters. The van der Waals surface area contributed by atoms with Crippen molar-refractivity contribution in [2.24, 2.45) is 0 Å². The molecule has 1 atom stereocenters. The number of β-amino-alcohol motifs (C(OH)–C–C–N with tert-alkyl or cyclic N) is 1. The number of rotatable bonds is 2. The van der Waals surface area contributed by atoms with Gasteiger partial charge in [0.25, 0.3) is 0 Å². The second-order valence-electron chi connectivity index (χ2n) is 4.78. The van der Waals surface area contributed by atoms with E-state index in [0.29, 0.717) is 11.6 Å². The number of halogens is 1. The predicted octanol–water partition coefficient (Wildman–Crippen LogP) is 2.08. The van der Waals surface area contributed by atoms with Crippen LogP contribution in [-0.4, -0.2) is 33.7 Å². The van der Waals surface area contributed by atoms with Gasteiger partial charge in [-0.1, -0.05) is 11.6 Å². The van der Waals surface area contributed by atoms with E-state index in [-0.39, 0.29) is 0 Å². The highest BCUT2D eigenvalue weighted by molar-refractivity contribution is 6.31. The Morgan fingerprint density at radius 2 is 2.44 bits per heavy atom. The minimum absolute atomic E-state index is 0.558. The first-order chi connectivity index (χ1) is 7.57. The Morgan fingerprint density at radius 1 is 1.62 bits per heavy atom. The first kappa shape index (κ1) is 11.8. The maximum atomic E-state index is 10.0. The molecule has 0 bridgehead atoms. The van der Waals surface area contributed by atoms with Gasteiger partial charge in [0, 0.05) is 25.5 Å². The molecule has 1 aromatic heterocycles. The molecule has 88 valence electrons. The quantitative estimate of drug-likeness (QED) is 0.860. The van der Waals surface area contributed by atoms with Crippen molar-refractivity contribution >= 4 is 11.6 Å². The van der Waals surface area contributed by atoms with Crippen LogP contribution in [0.2, 0.25) is 5.02 Å². The Kier molecular flexibility index (Phi) is 3.47. The molecule has 0 amide bonds. The summed E-state index contributed by atoms with van der Waals surface area (Å²) in [6.07, 6.45) is 5.34. The summed E-state index contributed by atoms with van der Waals surface area (Å²) in [6, 6.07) is 1.94. The van der Waals surface area contributed by atoms with Crippen molar-refractivity contribution in [1.82, 2.24) is 9.88 Å². The van der Waals surface area contributed by atoms with Crippen molar-refractivity contribution in [3.63, 3.8) is 0 Å². The largest absolute Gasteiger partial charge is 0.389 e. The Morgan fingerprint density at radius 3 is 3.12 bits per heavy atom. The summed E-state index contributed by atoms with van der Waals surface area (Å²) in [4.78, 5) is 6.21. The number of hydrogen-bond donors (Lipinski definition) is 1. The Hall–Kier alpha value is -0.640. The lowest BCUT2D eigenvalue weighted by molar-refractivity contribution is -0.0181. The van der Waals surface area contributed by atoms with Crippen LogP contribution in [-0.2, 0) is 6.54 Å². The fourth-order valence-electron chi connectivity index (χ4n) is 2.23. The monoisotopic (exact) mass is 240 g/mol. The van der Waals surface area contributed by atoms with Gasteiger partial charge in [-0.05, 0) is 37.9 Å².